The van der Waals surface area contributed by atoms with Crippen molar-refractivity contribution in [3.8, 4) is 40.0 Å². The van der Waals surface area contributed by atoms with Gasteiger partial charge in [-0.1, -0.05) is 59.6 Å². The van der Waals surface area contributed by atoms with Crippen LogP contribution in [0.1, 0.15) is 12.0 Å². The van der Waals surface area contributed by atoms with Gasteiger partial charge in [0.15, 0.2) is 0 Å². The van der Waals surface area contributed by atoms with E-state index in [9.17, 15) is 10.1 Å². The Morgan fingerprint density at radius 3 is 2.50 bits per heavy atom. The molecule has 4 rings (SSSR count). The predicted octanol–water partition coefficient (Wildman–Crippen LogP) is 7.73. The lowest BCUT2D eigenvalue weighted by atomic mass is 9.98. The van der Waals surface area contributed by atoms with Gasteiger partial charge in [0, 0.05) is 28.9 Å². The van der Waals surface area contributed by atoms with Crippen LogP contribution in [0.2, 0.25) is 10.0 Å². The van der Waals surface area contributed by atoms with E-state index in [1.807, 2.05) is 42.5 Å². The number of anilines is 1. The third kappa shape index (κ3) is 6.22. The molecule has 0 unspecified atom stereocenters. The van der Waals surface area contributed by atoms with Crippen molar-refractivity contribution < 1.29 is 14.3 Å². The number of rotatable bonds is 9. The minimum absolute atomic E-state index is 0.174. The number of halogens is 2. The molecule has 6 nitrogen and oxygen atoms in total. The van der Waals surface area contributed by atoms with Crippen LogP contribution in [0.3, 0.4) is 0 Å². The topological polar surface area (TPSA) is 84.2 Å². The van der Waals surface area contributed by atoms with Crippen LogP contribution in [-0.2, 0) is 4.79 Å². The highest BCUT2D eigenvalue weighted by Crippen LogP contribution is 2.40. The van der Waals surface area contributed by atoms with E-state index >= 15 is 0 Å². The molecule has 3 aromatic carbocycles. The van der Waals surface area contributed by atoms with Crippen LogP contribution in [0.15, 0.2) is 77.8 Å². The minimum atomic E-state index is -0.228. The second-order valence-electron chi connectivity index (χ2n) is 8.03. The molecule has 0 atom stereocenters. The van der Waals surface area contributed by atoms with Gasteiger partial charge >= 0.3 is 0 Å². The molecule has 0 saturated carbocycles. The Morgan fingerprint density at radius 2 is 1.79 bits per heavy atom. The van der Waals surface area contributed by atoms with Gasteiger partial charge < -0.3 is 14.8 Å². The molecule has 4 aromatic rings. The summed E-state index contributed by atoms with van der Waals surface area (Å²) in [6, 6.07) is 24.4. The Kier molecular flexibility index (Phi) is 9.14. The Balaban J connectivity index is 1.68. The van der Waals surface area contributed by atoms with E-state index in [0.717, 1.165) is 5.56 Å². The van der Waals surface area contributed by atoms with Crippen molar-refractivity contribution in [3.63, 3.8) is 0 Å². The number of benzene rings is 3. The summed E-state index contributed by atoms with van der Waals surface area (Å²) in [7, 11) is 3.17. The molecule has 1 heterocycles. The summed E-state index contributed by atoms with van der Waals surface area (Å²) in [4.78, 5) is 17.4. The second kappa shape index (κ2) is 12.7. The number of hydrogen-bond acceptors (Lipinski definition) is 6. The van der Waals surface area contributed by atoms with Gasteiger partial charge in [-0.25, -0.2) is 4.98 Å². The average Bonchev–Trinajstić information content (AvgIpc) is 2.95. The van der Waals surface area contributed by atoms with E-state index in [-0.39, 0.29) is 17.4 Å². The number of nitrogens with one attached hydrogen (secondary N) is 1. The first-order chi connectivity index (χ1) is 18.4. The molecule has 0 spiro atoms. The van der Waals surface area contributed by atoms with E-state index in [2.05, 4.69) is 11.4 Å². The quantitative estimate of drug-likeness (QED) is 0.210. The number of nitriles is 1. The van der Waals surface area contributed by atoms with Gasteiger partial charge in [-0.05, 0) is 36.4 Å². The fourth-order valence-corrected chi connectivity index (χ4v) is 5.07. The second-order valence-corrected chi connectivity index (χ2v) is 9.90. The summed E-state index contributed by atoms with van der Waals surface area (Å²) in [5.74, 6) is 1.39. The molecule has 192 valence electrons. The van der Waals surface area contributed by atoms with Crippen molar-refractivity contribution in [3.05, 3.63) is 88.4 Å². The van der Waals surface area contributed by atoms with Gasteiger partial charge in [-0.3, -0.25) is 4.79 Å². The molecule has 0 aliphatic rings. The number of methoxy groups -OCH3 is 2. The monoisotopic (exact) mass is 563 g/mol. The van der Waals surface area contributed by atoms with Crippen LogP contribution in [0.25, 0.3) is 22.4 Å². The third-order valence-corrected chi connectivity index (χ3v) is 7.45. The number of ether oxygens (including phenoxy) is 2. The number of amides is 1. The first-order valence-corrected chi connectivity index (χ1v) is 13.3. The SMILES string of the molecule is COc1ccc(OC)c(-c2cc(-c3ccccc3)nc(SCCC(=O)Nc3cccc(Cl)c3Cl)c2C#N)c1. The number of thioether (sulfide) groups is 1. The molecule has 0 aliphatic heterocycles. The maximum Gasteiger partial charge on any atom is 0.225 e. The molecular formula is C29H23Cl2N3O3S. The molecule has 1 amide bonds. The third-order valence-electron chi connectivity index (χ3n) is 5.66. The first kappa shape index (κ1) is 27.3. The van der Waals surface area contributed by atoms with E-state index in [4.69, 9.17) is 37.7 Å². The summed E-state index contributed by atoms with van der Waals surface area (Å²) >= 11 is 13.6. The van der Waals surface area contributed by atoms with Crippen molar-refractivity contribution in [1.82, 2.24) is 4.98 Å². The fourth-order valence-electron chi connectivity index (χ4n) is 3.78. The van der Waals surface area contributed by atoms with Gasteiger partial charge in [0.1, 0.15) is 22.6 Å². The number of hydrogen-bond donors (Lipinski definition) is 1. The molecule has 38 heavy (non-hydrogen) atoms. The van der Waals surface area contributed by atoms with E-state index in [1.165, 1.54) is 11.8 Å². The maximum absolute atomic E-state index is 12.6. The number of carbonyl (C=O) groups excluding carboxylic acids is 1. The summed E-state index contributed by atoms with van der Waals surface area (Å²) < 4.78 is 11.0. The number of aromatic nitrogens is 1. The van der Waals surface area contributed by atoms with Crippen molar-refractivity contribution >= 4 is 46.6 Å². The fraction of sp³-hybridized carbons (Fsp3) is 0.138. The molecule has 1 aromatic heterocycles. The van der Waals surface area contributed by atoms with Gasteiger partial charge in [0.25, 0.3) is 0 Å². The van der Waals surface area contributed by atoms with E-state index in [0.29, 0.717) is 55.4 Å². The van der Waals surface area contributed by atoms with Crippen molar-refractivity contribution in [2.24, 2.45) is 0 Å². The predicted molar refractivity (Wildman–Crippen MR) is 153 cm³/mol. The Morgan fingerprint density at radius 1 is 1.00 bits per heavy atom. The zero-order chi connectivity index (χ0) is 27.1. The highest BCUT2D eigenvalue weighted by molar-refractivity contribution is 7.99. The standard InChI is InChI=1S/C29H23Cl2N3O3S/c1-36-19-11-12-26(37-2)21(15-19)20-16-25(18-7-4-3-5-8-18)34-29(22(20)17-32)38-14-13-27(35)33-24-10-6-9-23(30)28(24)31/h3-12,15-16H,13-14H2,1-2H3,(H,33,35). The van der Waals surface area contributed by atoms with Gasteiger partial charge in [-0.15, -0.1) is 11.8 Å². The van der Waals surface area contributed by atoms with Crippen LogP contribution in [0, 0.1) is 11.3 Å². The molecule has 0 aliphatic carbocycles. The highest BCUT2D eigenvalue weighted by atomic mass is 35.5. The molecule has 9 heteroatoms. The van der Waals surface area contributed by atoms with Gasteiger partial charge in [0.2, 0.25) is 5.91 Å². The molecule has 0 bridgehead atoms. The normalized spacial score (nSPS) is 10.5. The largest absolute Gasteiger partial charge is 0.497 e. The van der Waals surface area contributed by atoms with Crippen molar-refractivity contribution in [2.45, 2.75) is 11.4 Å². The van der Waals surface area contributed by atoms with Gasteiger partial charge in [-0.2, -0.15) is 5.26 Å². The van der Waals surface area contributed by atoms with Crippen LogP contribution in [-0.4, -0.2) is 30.9 Å². The lowest BCUT2D eigenvalue weighted by Gasteiger charge is -2.16. The van der Waals surface area contributed by atoms with E-state index < -0.39 is 0 Å². The summed E-state index contributed by atoms with van der Waals surface area (Å²) in [5.41, 5.74) is 3.80. The van der Waals surface area contributed by atoms with E-state index in [1.54, 1.807) is 44.6 Å². The van der Waals surface area contributed by atoms with Crippen LogP contribution < -0.4 is 14.8 Å². The molecule has 0 fully saturated rings. The minimum Gasteiger partial charge on any atom is -0.497 e. The zero-order valence-electron chi connectivity index (χ0n) is 20.6. The lowest BCUT2D eigenvalue weighted by Crippen LogP contribution is -2.12. The Labute approximate surface area is 235 Å². The summed E-state index contributed by atoms with van der Waals surface area (Å²) in [6.45, 7) is 0. The summed E-state index contributed by atoms with van der Waals surface area (Å²) in [5, 5.41) is 14.1. The Hall–Kier alpha value is -3.70. The number of pyridine rings is 1. The first-order valence-electron chi connectivity index (χ1n) is 11.5. The number of nitrogens with zero attached hydrogens (tertiary/aromatic N) is 2. The highest BCUT2D eigenvalue weighted by Gasteiger charge is 2.19. The molecule has 1 N–H and O–H groups in total. The van der Waals surface area contributed by atoms with Crippen LogP contribution in [0.4, 0.5) is 5.69 Å². The van der Waals surface area contributed by atoms with Crippen molar-refractivity contribution in [2.75, 3.05) is 25.3 Å². The molecule has 0 saturated heterocycles. The molecular weight excluding hydrogens is 541 g/mol. The maximum atomic E-state index is 12.6. The molecule has 0 radical (unpaired) electrons. The van der Waals surface area contributed by atoms with Crippen molar-refractivity contribution in [1.29, 1.82) is 5.26 Å². The van der Waals surface area contributed by atoms with Crippen LogP contribution in [0.5, 0.6) is 11.5 Å². The van der Waals surface area contributed by atoms with Crippen LogP contribution >= 0.6 is 35.0 Å². The summed E-state index contributed by atoms with van der Waals surface area (Å²) in [6.07, 6.45) is 0.174. The zero-order valence-corrected chi connectivity index (χ0v) is 23.0. The lowest BCUT2D eigenvalue weighted by molar-refractivity contribution is -0.115. The average molecular weight is 564 g/mol. The smallest absolute Gasteiger partial charge is 0.225 e. The Bertz CT molecular complexity index is 1510. The number of carbonyl (C=O) groups is 1. The van der Waals surface area contributed by atoms with Gasteiger partial charge in [0.05, 0.1) is 41.2 Å².